The lowest BCUT2D eigenvalue weighted by atomic mass is 10.1. The van der Waals surface area contributed by atoms with Crippen LogP contribution in [-0.2, 0) is 13.6 Å². The van der Waals surface area contributed by atoms with Crippen LogP contribution in [0.2, 0.25) is 0 Å². The molecule has 0 fully saturated rings. The Hall–Kier alpha value is -2.21. The summed E-state index contributed by atoms with van der Waals surface area (Å²) in [5, 5.41) is 3.51. The van der Waals surface area contributed by atoms with Gasteiger partial charge in [-0.2, -0.15) is 0 Å². The van der Waals surface area contributed by atoms with Gasteiger partial charge in [0.15, 0.2) is 11.5 Å². The Labute approximate surface area is 143 Å². The average Bonchev–Trinajstić information content (AvgIpc) is 2.85. The van der Waals surface area contributed by atoms with Crippen molar-refractivity contribution in [1.82, 2.24) is 14.9 Å². The van der Waals surface area contributed by atoms with E-state index in [1.54, 1.807) is 21.3 Å². The maximum atomic E-state index is 5.53. The van der Waals surface area contributed by atoms with Crippen LogP contribution < -0.4 is 19.5 Å². The third kappa shape index (κ3) is 3.33. The standard InChI is InChI=1S/C18H27N3O3/c1-11(16-12(2)21(4)13(3)20-16)19-10-14-8-9-15(22-5)18(24-7)17(14)23-6/h8-9,11,19H,10H2,1-7H3. The first kappa shape index (κ1) is 18.1. The zero-order valence-electron chi connectivity index (χ0n) is 15.6. The van der Waals surface area contributed by atoms with Crippen LogP contribution in [0.4, 0.5) is 0 Å². The quantitative estimate of drug-likeness (QED) is 0.844. The maximum Gasteiger partial charge on any atom is 0.203 e. The molecule has 24 heavy (non-hydrogen) atoms. The van der Waals surface area contributed by atoms with Crippen LogP contribution in [0.15, 0.2) is 12.1 Å². The van der Waals surface area contributed by atoms with Crippen molar-refractivity contribution < 1.29 is 14.2 Å². The van der Waals surface area contributed by atoms with Gasteiger partial charge < -0.3 is 24.1 Å². The molecule has 1 aromatic carbocycles. The van der Waals surface area contributed by atoms with Gasteiger partial charge in [-0.3, -0.25) is 0 Å². The Balaban J connectivity index is 2.21. The lowest BCUT2D eigenvalue weighted by Crippen LogP contribution is -2.20. The number of aryl methyl sites for hydroxylation is 1. The normalized spacial score (nSPS) is 12.1. The fourth-order valence-electron chi connectivity index (χ4n) is 2.82. The number of ether oxygens (including phenoxy) is 3. The molecule has 0 aliphatic heterocycles. The largest absolute Gasteiger partial charge is 0.493 e. The van der Waals surface area contributed by atoms with E-state index < -0.39 is 0 Å². The molecule has 132 valence electrons. The minimum Gasteiger partial charge on any atom is -0.493 e. The summed E-state index contributed by atoms with van der Waals surface area (Å²) < 4.78 is 18.4. The summed E-state index contributed by atoms with van der Waals surface area (Å²) in [4.78, 5) is 4.65. The molecule has 6 heteroatoms. The van der Waals surface area contributed by atoms with E-state index in [0.717, 1.165) is 17.1 Å². The number of rotatable bonds is 7. The number of nitrogens with zero attached hydrogens (tertiary/aromatic N) is 2. The molecule has 0 radical (unpaired) electrons. The van der Waals surface area contributed by atoms with Gasteiger partial charge >= 0.3 is 0 Å². The monoisotopic (exact) mass is 333 g/mol. The van der Waals surface area contributed by atoms with Crippen molar-refractivity contribution in [1.29, 1.82) is 0 Å². The Bertz CT molecular complexity index is 710. The van der Waals surface area contributed by atoms with Gasteiger partial charge in [0, 0.05) is 30.9 Å². The van der Waals surface area contributed by atoms with Gasteiger partial charge in [0.05, 0.1) is 27.0 Å². The van der Waals surface area contributed by atoms with E-state index in [4.69, 9.17) is 14.2 Å². The highest BCUT2D eigenvalue weighted by Gasteiger charge is 2.18. The van der Waals surface area contributed by atoms with E-state index in [1.807, 2.05) is 26.1 Å². The van der Waals surface area contributed by atoms with Crippen LogP contribution in [0.5, 0.6) is 17.2 Å². The smallest absolute Gasteiger partial charge is 0.203 e. The summed E-state index contributed by atoms with van der Waals surface area (Å²) in [6.07, 6.45) is 0. The van der Waals surface area contributed by atoms with Gasteiger partial charge in [-0.25, -0.2) is 4.98 Å². The molecule has 1 N–H and O–H groups in total. The SMILES string of the molecule is COc1ccc(CNC(C)c2nc(C)n(C)c2C)c(OC)c1OC. The summed E-state index contributed by atoms with van der Waals surface area (Å²) >= 11 is 0. The third-order valence-corrected chi connectivity index (χ3v) is 4.44. The lowest BCUT2D eigenvalue weighted by molar-refractivity contribution is 0.321. The van der Waals surface area contributed by atoms with E-state index in [2.05, 4.69) is 28.7 Å². The van der Waals surface area contributed by atoms with E-state index in [1.165, 1.54) is 5.69 Å². The zero-order chi connectivity index (χ0) is 17.9. The van der Waals surface area contributed by atoms with Gasteiger partial charge in [-0.1, -0.05) is 6.07 Å². The molecule has 2 aromatic rings. The molecule has 1 unspecified atom stereocenters. The van der Waals surface area contributed by atoms with Crippen molar-refractivity contribution in [3.8, 4) is 17.2 Å². The zero-order valence-corrected chi connectivity index (χ0v) is 15.6. The Morgan fingerprint density at radius 1 is 1.08 bits per heavy atom. The second kappa shape index (κ2) is 7.57. The van der Waals surface area contributed by atoms with Crippen LogP contribution in [-0.4, -0.2) is 30.9 Å². The first-order chi connectivity index (χ1) is 11.4. The fourth-order valence-corrected chi connectivity index (χ4v) is 2.82. The number of aromatic nitrogens is 2. The summed E-state index contributed by atoms with van der Waals surface area (Å²) in [5.41, 5.74) is 3.24. The van der Waals surface area contributed by atoms with E-state index in [0.29, 0.717) is 23.8 Å². The highest BCUT2D eigenvalue weighted by Crippen LogP contribution is 2.39. The summed E-state index contributed by atoms with van der Waals surface area (Å²) in [6.45, 7) is 6.85. The number of hydrogen-bond donors (Lipinski definition) is 1. The van der Waals surface area contributed by atoms with Crippen molar-refractivity contribution in [2.45, 2.75) is 33.4 Å². The Morgan fingerprint density at radius 2 is 1.75 bits per heavy atom. The van der Waals surface area contributed by atoms with Crippen LogP contribution in [0.3, 0.4) is 0 Å². The Kier molecular flexibility index (Phi) is 5.72. The summed E-state index contributed by atoms with van der Waals surface area (Å²) in [7, 11) is 6.89. The molecule has 2 rings (SSSR count). The van der Waals surface area contributed by atoms with Crippen LogP contribution in [0, 0.1) is 13.8 Å². The van der Waals surface area contributed by atoms with Crippen molar-refractivity contribution in [2.75, 3.05) is 21.3 Å². The molecule has 1 heterocycles. The molecule has 0 amide bonds. The third-order valence-electron chi connectivity index (χ3n) is 4.44. The van der Waals surface area contributed by atoms with Crippen molar-refractivity contribution in [2.24, 2.45) is 7.05 Å². The molecular weight excluding hydrogens is 306 g/mol. The summed E-state index contributed by atoms with van der Waals surface area (Å²) in [5.74, 6) is 2.96. The highest BCUT2D eigenvalue weighted by molar-refractivity contribution is 5.55. The number of hydrogen-bond acceptors (Lipinski definition) is 5. The number of imidazole rings is 1. The molecule has 0 saturated carbocycles. The summed E-state index contributed by atoms with van der Waals surface area (Å²) in [6, 6.07) is 4.00. The molecule has 0 aliphatic carbocycles. The predicted molar refractivity (Wildman–Crippen MR) is 94.0 cm³/mol. The minimum atomic E-state index is 0.128. The van der Waals surface area contributed by atoms with E-state index >= 15 is 0 Å². The first-order valence-corrected chi connectivity index (χ1v) is 7.95. The molecule has 1 aromatic heterocycles. The maximum absolute atomic E-state index is 5.53. The number of methoxy groups -OCH3 is 3. The van der Waals surface area contributed by atoms with Gasteiger partial charge in [0.2, 0.25) is 5.75 Å². The Morgan fingerprint density at radius 3 is 2.25 bits per heavy atom. The van der Waals surface area contributed by atoms with Gasteiger partial charge in [-0.05, 0) is 26.8 Å². The molecule has 0 saturated heterocycles. The van der Waals surface area contributed by atoms with Crippen molar-refractivity contribution >= 4 is 0 Å². The second-order valence-electron chi connectivity index (χ2n) is 5.78. The van der Waals surface area contributed by atoms with E-state index in [9.17, 15) is 0 Å². The van der Waals surface area contributed by atoms with Gasteiger partial charge in [-0.15, -0.1) is 0 Å². The van der Waals surface area contributed by atoms with Crippen molar-refractivity contribution in [3.05, 3.63) is 34.9 Å². The average molecular weight is 333 g/mol. The number of nitrogens with one attached hydrogen (secondary N) is 1. The van der Waals surface area contributed by atoms with Crippen LogP contribution in [0.25, 0.3) is 0 Å². The number of benzene rings is 1. The topological polar surface area (TPSA) is 57.5 Å². The molecule has 0 aliphatic rings. The molecule has 6 nitrogen and oxygen atoms in total. The van der Waals surface area contributed by atoms with Crippen LogP contribution in [0.1, 0.15) is 35.7 Å². The van der Waals surface area contributed by atoms with Crippen LogP contribution >= 0.6 is 0 Å². The molecule has 0 spiro atoms. The van der Waals surface area contributed by atoms with Gasteiger partial charge in [0.25, 0.3) is 0 Å². The fraction of sp³-hybridized carbons (Fsp3) is 0.500. The molecular formula is C18H27N3O3. The van der Waals surface area contributed by atoms with Gasteiger partial charge in [0.1, 0.15) is 5.82 Å². The first-order valence-electron chi connectivity index (χ1n) is 7.95. The highest BCUT2D eigenvalue weighted by atomic mass is 16.5. The predicted octanol–water partition coefficient (Wildman–Crippen LogP) is 2.91. The lowest BCUT2D eigenvalue weighted by Gasteiger charge is -2.18. The minimum absolute atomic E-state index is 0.128. The van der Waals surface area contributed by atoms with E-state index in [-0.39, 0.29) is 6.04 Å². The second-order valence-corrected chi connectivity index (χ2v) is 5.78. The van der Waals surface area contributed by atoms with Crippen molar-refractivity contribution in [3.63, 3.8) is 0 Å². The molecule has 0 bridgehead atoms. The molecule has 1 atom stereocenters.